The zero-order valence-electron chi connectivity index (χ0n) is 26.8. The van der Waals surface area contributed by atoms with Crippen LogP contribution in [0.15, 0.2) is 102 Å². The third kappa shape index (κ3) is 6.72. The van der Waals surface area contributed by atoms with Gasteiger partial charge in [-0.3, -0.25) is 14.7 Å². The minimum absolute atomic E-state index is 0.0929. The predicted octanol–water partition coefficient (Wildman–Crippen LogP) is 7.99. The lowest BCUT2D eigenvalue weighted by Crippen LogP contribution is -2.42. The van der Waals surface area contributed by atoms with Gasteiger partial charge in [0.2, 0.25) is 5.91 Å². The number of urea groups is 1. The van der Waals surface area contributed by atoms with Gasteiger partial charge in [-0.15, -0.1) is 0 Å². The summed E-state index contributed by atoms with van der Waals surface area (Å²) in [6, 6.07) is 27.3. The van der Waals surface area contributed by atoms with Crippen molar-refractivity contribution in [2.45, 2.75) is 58.5 Å². The van der Waals surface area contributed by atoms with Crippen LogP contribution >= 0.6 is 0 Å². The summed E-state index contributed by atoms with van der Waals surface area (Å²) in [5.41, 5.74) is 7.23. The van der Waals surface area contributed by atoms with Gasteiger partial charge in [-0.1, -0.05) is 69.5 Å². The van der Waals surface area contributed by atoms with Gasteiger partial charge in [-0.25, -0.2) is 9.80 Å². The van der Waals surface area contributed by atoms with Crippen molar-refractivity contribution in [2.75, 3.05) is 17.3 Å². The molecular weight excluding hydrogens is 572 g/mol. The molecule has 2 N–H and O–H groups in total. The minimum atomic E-state index is -0.310. The maximum Gasteiger partial charge on any atom is 0.349 e. The second-order valence-electron chi connectivity index (χ2n) is 12.5. The fourth-order valence-corrected chi connectivity index (χ4v) is 6.57. The molecule has 1 aliphatic heterocycles. The van der Waals surface area contributed by atoms with Crippen molar-refractivity contribution < 1.29 is 9.59 Å². The summed E-state index contributed by atoms with van der Waals surface area (Å²) in [6.45, 7) is 4.38. The van der Waals surface area contributed by atoms with Crippen LogP contribution in [0, 0.1) is 11.8 Å². The van der Waals surface area contributed by atoms with Gasteiger partial charge in [0.15, 0.2) is 0 Å². The van der Waals surface area contributed by atoms with Crippen LogP contribution in [0.3, 0.4) is 0 Å². The molecule has 1 aromatic heterocycles. The number of carbonyl (C=O) groups excluding carboxylic acids is 2. The molecule has 1 atom stereocenters. The lowest BCUT2D eigenvalue weighted by atomic mass is 9.82. The van der Waals surface area contributed by atoms with Crippen LogP contribution < -0.4 is 15.5 Å². The summed E-state index contributed by atoms with van der Waals surface area (Å²) in [6.07, 6.45) is 9.22. The number of pyridine rings is 1. The van der Waals surface area contributed by atoms with E-state index in [1.54, 1.807) is 29.4 Å². The Morgan fingerprint density at radius 1 is 0.891 bits per heavy atom. The third-order valence-corrected chi connectivity index (χ3v) is 8.99. The smallest absolute Gasteiger partial charge is 0.325 e. The van der Waals surface area contributed by atoms with E-state index in [1.807, 2.05) is 86.6 Å². The fourth-order valence-electron chi connectivity index (χ4n) is 6.57. The molecule has 1 fully saturated rings. The molecule has 0 saturated heterocycles. The van der Waals surface area contributed by atoms with Crippen molar-refractivity contribution in [3.8, 4) is 11.1 Å². The standard InChI is InChI=1S/C38H42N6O2/c1-26(2)35(39-3)37(45)41-31-15-17-32(18-16-31)44-34-19-14-30(28-20-22-40-23-21-28)24-33(34)36(29-12-8-5-9-13-29)42-43(38(44)46)25-27-10-6-4-7-11-27/h4,6-7,10-11,14-24,26,29,35,39H,5,8-9,12-13,25H2,1-3H3,(H,41,45)/t35-/m0/s1. The first kappa shape index (κ1) is 31.2. The van der Waals surface area contributed by atoms with Gasteiger partial charge < -0.3 is 10.6 Å². The van der Waals surface area contributed by atoms with Crippen molar-refractivity contribution >= 4 is 34.7 Å². The molecule has 46 heavy (non-hydrogen) atoms. The van der Waals surface area contributed by atoms with E-state index in [9.17, 15) is 9.59 Å². The first-order valence-corrected chi connectivity index (χ1v) is 16.3. The number of rotatable bonds is 9. The predicted molar refractivity (Wildman–Crippen MR) is 185 cm³/mol. The highest BCUT2D eigenvalue weighted by Crippen LogP contribution is 2.40. The van der Waals surface area contributed by atoms with Crippen LogP contribution in [0.2, 0.25) is 0 Å². The van der Waals surface area contributed by atoms with E-state index >= 15 is 0 Å². The maximum absolute atomic E-state index is 14.6. The van der Waals surface area contributed by atoms with Gasteiger partial charge >= 0.3 is 6.03 Å². The molecule has 1 aliphatic carbocycles. The van der Waals surface area contributed by atoms with E-state index in [2.05, 4.69) is 27.8 Å². The fraction of sp³-hybridized carbons (Fsp3) is 0.316. The second-order valence-corrected chi connectivity index (χ2v) is 12.5. The normalized spacial score (nSPS) is 16.1. The molecule has 0 spiro atoms. The summed E-state index contributed by atoms with van der Waals surface area (Å²) < 4.78 is 0. The number of likely N-dealkylation sites (N-methyl/N-ethyl adjacent to an activating group) is 1. The van der Waals surface area contributed by atoms with Crippen molar-refractivity contribution in [3.63, 3.8) is 0 Å². The molecule has 0 unspecified atom stereocenters. The Kier molecular flexibility index (Phi) is 9.54. The first-order valence-electron chi connectivity index (χ1n) is 16.3. The van der Waals surface area contributed by atoms with Crippen molar-refractivity contribution in [2.24, 2.45) is 16.9 Å². The zero-order chi connectivity index (χ0) is 32.0. The minimum Gasteiger partial charge on any atom is -0.325 e. The summed E-state index contributed by atoms with van der Waals surface area (Å²) in [7, 11) is 1.79. The molecule has 2 aliphatic rings. The number of aromatic nitrogens is 1. The maximum atomic E-state index is 14.6. The highest BCUT2D eigenvalue weighted by atomic mass is 16.2. The van der Waals surface area contributed by atoms with Gasteiger partial charge in [0.05, 0.1) is 29.7 Å². The van der Waals surface area contributed by atoms with Gasteiger partial charge in [0.1, 0.15) is 0 Å². The number of nitrogens with one attached hydrogen (secondary N) is 2. The number of nitrogens with zero attached hydrogens (tertiary/aromatic N) is 4. The molecule has 6 rings (SSSR count). The number of benzene rings is 3. The quantitative estimate of drug-likeness (QED) is 0.200. The van der Waals surface area contributed by atoms with E-state index in [0.29, 0.717) is 17.9 Å². The number of hydrogen-bond donors (Lipinski definition) is 2. The monoisotopic (exact) mass is 614 g/mol. The number of anilines is 3. The SMILES string of the molecule is CN[C@H](C(=O)Nc1ccc(N2C(=O)N(Cc3ccccc3)N=C(C3CCCCC3)c3cc(-c4ccncc4)ccc32)cc1)C(C)C. The topological polar surface area (TPSA) is 89.9 Å². The molecule has 8 nitrogen and oxygen atoms in total. The molecular formula is C38H42N6O2. The van der Waals surface area contributed by atoms with Crippen LogP contribution in [0.1, 0.15) is 57.1 Å². The molecule has 3 aromatic carbocycles. The lowest BCUT2D eigenvalue weighted by molar-refractivity contribution is -0.118. The third-order valence-electron chi connectivity index (χ3n) is 8.99. The highest BCUT2D eigenvalue weighted by molar-refractivity contribution is 6.14. The van der Waals surface area contributed by atoms with Gasteiger partial charge in [-0.2, -0.15) is 5.10 Å². The van der Waals surface area contributed by atoms with Crippen LogP contribution in [0.25, 0.3) is 11.1 Å². The van der Waals surface area contributed by atoms with Crippen LogP contribution in [-0.4, -0.2) is 40.7 Å². The Labute approximate surface area is 271 Å². The zero-order valence-corrected chi connectivity index (χ0v) is 26.8. The van der Waals surface area contributed by atoms with Crippen molar-refractivity contribution in [1.29, 1.82) is 0 Å². The average molecular weight is 615 g/mol. The number of carbonyl (C=O) groups is 2. The molecule has 0 bridgehead atoms. The molecule has 8 heteroatoms. The molecule has 0 radical (unpaired) electrons. The summed E-state index contributed by atoms with van der Waals surface area (Å²) in [4.78, 5) is 33.5. The van der Waals surface area contributed by atoms with E-state index in [0.717, 1.165) is 59.3 Å². The number of fused-ring (bicyclic) bond motifs is 1. The number of amides is 3. The van der Waals surface area contributed by atoms with Crippen LogP contribution in [-0.2, 0) is 11.3 Å². The van der Waals surface area contributed by atoms with Gasteiger partial charge in [-0.05, 0) is 91.0 Å². The summed E-state index contributed by atoms with van der Waals surface area (Å²) >= 11 is 0. The average Bonchev–Trinajstić information content (AvgIpc) is 3.20. The van der Waals surface area contributed by atoms with E-state index in [1.165, 1.54) is 6.42 Å². The Balaban J connectivity index is 1.45. The molecule has 1 saturated carbocycles. The highest BCUT2D eigenvalue weighted by Gasteiger charge is 2.34. The molecule has 2 heterocycles. The van der Waals surface area contributed by atoms with Gasteiger partial charge in [0, 0.05) is 29.6 Å². The van der Waals surface area contributed by atoms with E-state index < -0.39 is 0 Å². The van der Waals surface area contributed by atoms with Crippen molar-refractivity contribution in [1.82, 2.24) is 15.3 Å². The number of hydrazone groups is 1. The Morgan fingerprint density at radius 3 is 2.28 bits per heavy atom. The van der Waals surface area contributed by atoms with Crippen LogP contribution in [0.4, 0.5) is 21.9 Å². The van der Waals surface area contributed by atoms with Crippen LogP contribution in [0.5, 0.6) is 0 Å². The molecule has 4 aromatic rings. The molecule has 3 amide bonds. The Morgan fingerprint density at radius 2 is 1.61 bits per heavy atom. The number of hydrogen-bond acceptors (Lipinski definition) is 5. The Bertz CT molecular complexity index is 1680. The molecule has 236 valence electrons. The van der Waals surface area contributed by atoms with E-state index in [4.69, 9.17) is 5.10 Å². The van der Waals surface area contributed by atoms with E-state index in [-0.39, 0.29) is 29.8 Å². The largest absolute Gasteiger partial charge is 0.349 e. The first-order chi connectivity index (χ1) is 22.4. The Hall–Kier alpha value is -4.82. The van der Waals surface area contributed by atoms with Crippen molar-refractivity contribution in [3.05, 3.63) is 108 Å². The second kappa shape index (κ2) is 14.1. The van der Waals surface area contributed by atoms with Gasteiger partial charge in [0.25, 0.3) is 0 Å². The lowest BCUT2D eigenvalue weighted by Gasteiger charge is -2.27. The summed E-state index contributed by atoms with van der Waals surface area (Å²) in [5.74, 6) is 0.302. The summed E-state index contributed by atoms with van der Waals surface area (Å²) in [5, 5.41) is 13.0.